The Morgan fingerprint density at radius 2 is 2.22 bits per heavy atom. The molecule has 0 aromatic carbocycles. The van der Waals surface area contributed by atoms with Crippen molar-refractivity contribution >= 4 is 11.7 Å². The second-order valence-electron chi connectivity index (χ2n) is 2.48. The van der Waals surface area contributed by atoms with E-state index in [1.165, 1.54) is 0 Å². The molecule has 9 heavy (non-hydrogen) atoms. The largest absolute Gasteiger partial charge is 0.370 e. The van der Waals surface area contributed by atoms with Gasteiger partial charge in [0.2, 0.25) is 5.91 Å². The van der Waals surface area contributed by atoms with Crippen LogP contribution in [0.25, 0.3) is 0 Å². The number of hydrogen-bond acceptors (Lipinski definition) is 2. The second kappa shape index (κ2) is 2.17. The van der Waals surface area contributed by atoms with E-state index in [0.29, 0.717) is 19.3 Å². The number of primary amides is 1. The summed E-state index contributed by atoms with van der Waals surface area (Å²) in [5.74, 6) is 0.212. The highest BCUT2D eigenvalue weighted by Gasteiger charge is 2.27. The Kier molecular flexibility index (Phi) is 1.51. The van der Waals surface area contributed by atoms with E-state index in [1.807, 2.05) is 0 Å². The van der Waals surface area contributed by atoms with Gasteiger partial charge in [-0.2, -0.15) is 0 Å². The van der Waals surface area contributed by atoms with Crippen LogP contribution in [0.15, 0.2) is 0 Å². The highest BCUT2D eigenvalue weighted by atomic mass is 16.1. The van der Waals surface area contributed by atoms with E-state index in [-0.39, 0.29) is 17.6 Å². The van der Waals surface area contributed by atoms with Gasteiger partial charge < -0.3 is 5.73 Å². The lowest BCUT2D eigenvalue weighted by Gasteiger charge is -2.21. The third kappa shape index (κ3) is 1.52. The van der Waals surface area contributed by atoms with Crippen molar-refractivity contribution in [1.29, 1.82) is 0 Å². The molecule has 0 spiro atoms. The van der Waals surface area contributed by atoms with Crippen molar-refractivity contribution in [3.05, 3.63) is 0 Å². The summed E-state index contributed by atoms with van der Waals surface area (Å²) in [5.41, 5.74) is 4.90. The smallest absolute Gasteiger partial charge is 0.217 e. The minimum Gasteiger partial charge on any atom is -0.370 e. The summed E-state index contributed by atoms with van der Waals surface area (Å²) >= 11 is 0. The van der Waals surface area contributed by atoms with Crippen LogP contribution < -0.4 is 5.73 Å². The Hall–Kier alpha value is -0.860. The fraction of sp³-hybridized carbons (Fsp3) is 0.667. The SMILES string of the molecule is NC(=O)CC1CC(=O)C1. The molecule has 0 unspecified atom stereocenters. The Bertz CT molecular complexity index is 145. The van der Waals surface area contributed by atoms with Crippen LogP contribution in [-0.4, -0.2) is 11.7 Å². The Morgan fingerprint density at radius 1 is 1.67 bits per heavy atom. The van der Waals surface area contributed by atoms with Crippen LogP contribution in [0.3, 0.4) is 0 Å². The van der Waals surface area contributed by atoms with Gasteiger partial charge in [0.25, 0.3) is 0 Å². The van der Waals surface area contributed by atoms with Gasteiger partial charge in [-0.15, -0.1) is 0 Å². The molecule has 3 heteroatoms. The molecular formula is C6H9NO2. The number of ketones is 1. The molecule has 1 rings (SSSR count). The number of carbonyl (C=O) groups excluding carboxylic acids is 2. The molecule has 0 atom stereocenters. The van der Waals surface area contributed by atoms with Crippen molar-refractivity contribution in [2.45, 2.75) is 19.3 Å². The first-order valence-electron chi connectivity index (χ1n) is 2.98. The van der Waals surface area contributed by atoms with Gasteiger partial charge >= 0.3 is 0 Å². The van der Waals surface area contributed by atoms with Crippen LogP contribution in [0.1, 0.15) is 19.3 Å². The average molecular weight is 127 g/mol. The molecule has 0 radical (unpaired) electrons. The lowest BCUT2D eigenvalue weighted by Crippen LogP contribution is -2.28. The minimum absolute atomic E-state index is 0.251. The molecule has 2 N–H and O–H groups in total. The maximum absolute atomic E-state index is 10.3. The zero-order valence-corrected chi connectivity index (χ0v) is 5.09. The lowest BCUT2D eigenvalue weighted by atomic mass is 9.81. The number of nitrogens with two attached hydrogens (primary N) is 1. The fourth-order valence-electron chi connectivity index (χ4n) is 1.01. The van der Waals surface area contributed by atoms with Crippen LogP contribution in [0.5, 0.6) is 0 Å². The molecule has 0 aromatic heterocycles. The zero-order valence-electron chi connectivity index (χ0n) is 5.09. The van der Waals surface area contributed by atoms with E-state index in [4.69, 9.17) is 5.73 Å². The lowest BCUT2D eigenvalue weighted by molar-refractivity contribution is -0.128. The Morgan fingerprint density at radius 3 is 2.56 bits per heavy atom. The van der Waals surface area contributed by atoms with E-state index >= 15 is 0 Å². The highest BCUT2D eigenvalue weighted by molar-refractivity contribution is 5.86. The summed E-state index contributed by atoms with van der Waals surface area (Å²) in [7, 11) is 0. The molecule has 0 aromatic rings. The molecule has 0 heterocycles. The normalized spacial score (nSPS) is 19.3. The van der Waals surface area contributed by atoms with Gasteiger partial charge in [0.15, 0.2) is 0 Å². The average Bonchev–Trinajstić information content (AvgIpc) is 1.60. The molecule has 1 amide bonds. The molecule has 50 valence electrons. The zero-order chi connectivity index (χ0) is 6.85. The fourth-order valence-corrected chi connectivity index (χ4v) is 1.01. The summed E-state index contributed by atoms with van der Waals surface area (Å²) in [6.07, 6.45) is 1.50. The Labute approximate surface area is 53.2 Å². The topological polar surface area (TPSA) is 60.2 Å². The molecule has 0 bridgehead atoms. The summed E-state index contributed by atoms with van der Waals surface area (Å²) in [6.45, 7) is 0. The molecular weight excluding hydrogens is 118 g/mol. The van der Waals surface area contributed by atoms with Gasteiger partial charge in [0, 0.05) is 19.3 Å². The van der Waals surface area contributed by atoms with Crippen molar-refractivity contribution in [1.82, 2.24) is 0 Å². The summed E-state index contributed by atoms with van der Waals surface area (Å²) < 4.78 is 0. The van der Waals surface area contributed by atoms with Gasteiger partial charge in [-0.3, -0.25) is 9.59 Å². The van der Waals surface area contributed by atoms with Gasteiger partial charge in [-0.1, -0.05) is 0 Å². The van der Waals surface area contributed by atoms with Gasteiger partial charge in [0.05, 0.1) is 0 Å². The first kappa shape index (κ1) is 6.26. The highest BCUT2D eigenvalue weighted by Crippen LogP contribution is 2.25. The predicted octanol–water partition coefficient (Wildman–Crippen LogP) is -0.159. The predicted molar refractivity (Wildman–Crippen MR) is 31.5 cm³/mol. The standard InChI is InChI=1S/C6H9NO2/c7-6(9)3-4-1-5(8)2-4/h4H,1-3H2,(H2,7,9). The quantitative estimate of drug-likeness (QED) is 0.560. The third-order valence-electron chi connectivity index (χ3n) is 1.52. The molecule has 0 saturated heterocycles. The molecule has 1 saturated carbocycles. The van der Waals surface area contributed by atoms with E-state index in [2.05, 4.69) is 0 Å². The van der Waals surface area contributed by atoms with Crippen molar-refractivity contribution in [3.63, 3.8) is 0 Å². The molecule has 1 aliphatic rings. The third-order valence-corrected chi connectivity index (χ3v) is 1.52. The number of hydrogen-bond donors (Lipinski definition) is 1. The van der Waals surface area contributed by atoms with Crippen molar-refractivity contribution in [2.75, 3.05) is 0 Å². The van der Waals surface area contributed by atoms with Crippen LogP contribution in [0.2, 0.25) is 0 Å². The second-order valence-corrected chi connectivity index (χ2v) is 2.48. The first-order valence-corrected chi connectivity index (χ1v) is 2.98. The van der Waals surface area contributed by atoms with E-state index in [9.17, 15) is 9.59 Å². The molecule has 1 fully saturated rings. The summed E-state index contributed by atoms with van der Waals surface area (Å²) in [4.78, 5) is 20.6. The van der Waals surface area contributed by atoms with Crippen LogP contribution in [-0.2, 0) is 9.59 Å². The van der Waals surface area contributed by atoms with Gasteiger partial charge in [0.1, 0.15) is 5.78 Å². The molecule has 0 aliphatic heterocycles. The van der Waals surface area contributed by atoms with Gasteiger partial charge in [-0.25, -0.2) is 0 Å². The van der Waals surface area contributed by atoms with Crippen LogP contribution in [0, 0.1) is 5.92 Å². The number of rotatable bonds is 2. The van der Waals surface area contributed by atoms with Gasteiger partial charge in [-0.05, 0) is 5.92 Å². The van der Waals surface area contributed by atoms with Crippen LogP contribution >= 0.6 is 0 Å². The minimum atomic E-state index is -0.299. The molecule has 3 nitrogen and oxygen atoms in total. The molecule has 1 aliphatic carbocycles. The monoisotopic (exact) mass is 127 g/mol. The van der Waals surface area contributed by atoms with Crippen molar-refractivity contribution in [2.24, 2.45) is 11.7 Å². The van der Waals surface area contributed by atoms with Crippen molar-refractivity contribution < 1.29 is 9.59 Å². The maximum Gasteiger partial charge on any atom is 0.217 e. The van der Waals surface area contributed by atoms with Crippen molar-refractivity contribution in [3.8, 4) is 0 Å². The van der Waals surface area contributed by atoms with Crippen LogP contribution in [0.4, 0.5) is 0 Å². The van der Waals surface area contributed by atoms with E-state index in [1.54, 1.807) is 0 Å². The summed E-state index contributed by atoms with van der Waals surface area (Å²) in [6, 6.07) is 0. The van der Waals surface area contributed by atoms with E-state index in [0.717, 1.165) is 0 Å². The Balaban J connectivity index is 2.18. The maximum atomic E-state index is 10.3. The summed E-state index contributed by atoms with van der Waals surface area (Å²) in [5, 5.41) is 0. The number of amides is 1. The number of carbonyl (C=O) groups is 2. The number of Topliss-reactive ketones (excluding diaryl/α,β-unsaturated/α-hetero) is 1. The first-order chi connectivity index (χ1) is 4.18. The van der Waals surface area contributed by atoms with E-state index < -0.39 is 0 Å².